The summed E-state index contributed by atoms with van der Waals surface area (Å²) < 4.78 is 11.9. The number of pyridine rings is 2. The van der Waals surface area contributed by atoms with Crippen molar-refractivity contribution in [3.63, 3.8) is 0 Å². The summed E-state index contributed by atoms with van der Waals surface area (Å²) in [6.07, 6.45) is 3.42. The standard InChI is InChI=1S/C19H17N5O2.C19H18N4O.C19H17N3O2/c1-11-15(10-21-24(2)19(11)26)22-17-9-14-12(7-8-20-14)18(23-17)13-5-3-4-6-16(13)25;1-10-7-5-6-8-14(10)17-15-9-11(2)20-18(15)22-19(21-17)16-12(3)23-24-13(16)4;1-10-8-14-15(20-10)9-16(18-11(2)22-24-12(18)3)21-19(14)13-6-4-5-7-17(13)23/h3-10,20,25H,1-2H3,(H,22,23);5-9H,1-4H3,(H,20,21,22);4-9,20,23H,1-3H3. The molecule has 17 nitrogen and oxygen atoms in total. The van der Waals surface area contributed by atoms with Crippen LogP contribution in [0.5, 0.6) is 11.5 Å². The molecule has 0 amide bonds. The van der Waals surface area contributed by atoms with Gasteiger partial charge in [0, 0.05) is 74.6 Å². The molecule has 0 fully saturated rings. The molecule has 0 aliphatic carbocycles. The van der Waals surface area contributed by atoms with E-state index in [1.54, 1.807) is 44.4 Å². The smallest absolute Gasteiger partial charge is 0.271 e. The van der Waals surface area contributed by atoms with Crippen molar-refractivity contribution in [3.05, 3.63) is 171 Å². The first-order valence-corrected chi connectivity index (χ1v) is 23.8. The number of hydrogen-bond donors (Lipinski definition) is 6. The summed E-state index contributed by atoms with van der Waals surface area (Å²) in [6.45, 7) is 15.4. The molecule has 370 valence electrons. The molecule has 0 saturated carbocycles. The summed E-state index contributed by atoms with van der Waals surface area (Å²) in [6, 6.07) is 32.5. The molecule has 12 rings (SSSR count). The van der Waals surface area contributed by atoms with Crippen molar-refractivity contribution < 1.29 is 19.3 Å². The van der Waals surface area contributed by atoms with Crippen LogP contribution in [0.2, 0.25) is 0 Å². The third kappa shape index (κ3) is 9.13. The minimum Gasteiger partial charge on any atom is -0.507 e. The molecule has 0 unspecified atom stereocenters. The first kappa shape index (κ1) is 48.0. The minimum atomic E-state index is -0.170. The monoisotopic (exact) mass is 984 g/mol. The number of H-pyrrole nitrogens is 3. The van der Waals surface area contributed by atoms with Crippen molar-refractivity contribution in [2.75, 3.05) is 5.32 Å². The molecular weight excluding hydrogens is 933 g/mol. The molecule has 17 heteroatoms. The highest BCUT2D eigenvalue weighted by atomic mass is 16.5. The van der Waals surface area contributed by atoms with Crippen LogP contribution in [0.3, 0.4) is 0 Å². The Kier molecular flexibility index (Phi) is 12.7. The number of hydrogen-bond acceptors (Lipinski definition) is 13. The normalized spacial score (nSPS) is 11.2. The van der Waals surface area contributed by atoms with Crippen LogP contribution in [0.15, 0.2) is 129 Å². The molecule has 0 radical (unpaired) electrons. The van der Waals surface area contributed by atoms with Crippen LogP contribution in [0.1, 0.15) is 45.4 Å². The van der Waals surface area contributed by atoms with Crippen molar-refractivity contribution in [1.29, 1.82) is 0 Å². The summed E-state index contributed by atoms with van der Waals surface area (Å²) in [4.78, 5) is 41.0. The number of aryl methyl sites for hydroxylation is 8. The van der Waals surface area contributed by atoms with Gasteiger partial charge < -0.3 is 39.5 Å². The number of para-hydroxylation sites is 2. The SMILES string of the molecule is Cc1c(Nc2cc3[nH]ccc3c(-c3ccccc3O)n2)cnn(C)c1=O.Cc1cc2c(-c3ccccc3C)nc(-c3c(C)noc3C)nc2[nH]1.Cc1cc2c(-c3ccccc3O)nc(-c3c(C)noc3C)cc2[nH]1. The number of benzene rings is 3. The number of nitrogens with one attached hydrogen (secondary N) is 4. The number of phenolic OH excluding ortho intramolecular Hbond substituents is 2. The number of aromatic nitrogens is 11. The molecular formula is C57H52N12O5. The second kappa shape index (κ2) is 19.5. The lowest BCUT2D eigenvalue weighted by atomic mass is 10.0. The van der Waals surface area contributed by atoms with Gasteiger partial charge in [-0.3, -0.25) is 4.79 Å². The molecule has 0 aliphatic rings. The molecule has 0 aliphatic heterocycles. The number of nitrogens with zero attached hydrogens (tertiary/aromatic N) is 8. The number of phenols is 2. The number of anilines is 2. The van der Waals surface area contributed by atoms with Gasteiger partial charge in [0.25, 0.3) is 5.56 Å². The quantitative estimate of drug-likeness (QED) is 0.0872. The minimum absolute atomic E-state index is 0.158. The highest BCUT2D eigenvalue weighted by Crippen LogP contribution is 2.38. The Hall–Kier alpha value is -9.64. The summed E-state index contributed by atoms with van der Waals surface area (Å²) >= 11 is 0. The average molecular weight is 985 g/mol. The van der Waals surface area contributed by atoms with Gasteiger partial charge >= 0.3 is 0 Å². The Bertz CT molecular complexity index is 3920. The van der Waals surface area contributed by atoms with E-state index in [0.29, 0.717) is 39.7 Å². The van der Waals surface area contributed by atoms with Gasteiger partial charge in [-0.1, -0.05) is 58.8 Å². The molecule has 9 aromatic heterocycles. The molecule has 12 aromatic rings. The van der Waals surface area contributed by atoms with Crippen molar-refractivity contribution in [2.45, 2.75) is 55.4 Å². The van der Waals surface area contributed by atoms with Crippen LogP contribution in [0.25, 0.3) is 89.3 Å². The van der Waals surface area contributed by atoms with E-state index in [-0.39, 0.29) is 17.1 Å². The van der Waals surface area contributed by atoms with Gasteiger partial charge in [-0.05, 0) is 109 Å². The first-order valence-electron chi connectivity index (χ1n) is 23.8. The Morgan fingerprint density at radius 2 is 1.19 bits per heavy atom. The van der Waals surface area contributed by atoms with E-state index in [0.717, 1.165) is 101 Å². The predicted octanol–water partition coefficient (Wildman–Crippen LogP) is 12.1. The zero-order valence-corrected chi connectivity index (χ0v) is 42.2. The summed E-state index contributed by atoms with van der Waals surface area (Å²) in [5, 5.41) is 38.7. The van der Waals surface area contributed by atoms with Crippen molar-refractivity contribution >= 4 is 44.3 Å². The van der Waals surface area contributed by atoms with Crippen LogP contribution >= 0.6 is 0 Å². The van der Waals surface area contributed by atoms with Crippen molar-refractivity contribution in [2.24, 2.45) is 7.05 Å². The number of aromatic hydroxyl groups is 2. The number of rotatable bonds is 7. The maximum atomic E-state index is 12.1. The summed E-state index contributed by atoms with van der Waals surface area (Å²) in [7, 11) is 1.61. The van der Waals surface area contributed by atoms with E-state index in [4.69, 9.17) is 24.0 Å². The van der Waals surface area contributed by atoms with Gasteiger partial charge in [0.1, 0.15) is 34.5 Å². The molecule has 0 atom stereocenters. The van der Waals surface area contributed by atoms with E-state index in [2.05, 4.69) is 65.8 Å². The van der Waals surface area contributed by atoms with E-state index < -0.39 is 0 Å². The lowest BCUT2D eigenvalue weighted by Gasteiger charge is -2.12. The number of aromatic amines is 3. The van der Waals surface area contributed by atoms with Crippen LogP contribution in [-0.2, 0) is 7.05 Å². The van der Waals surface area contributed by atoms with Crippen LogP contribution < -0.4 is 10.9 Å². The lowest BCUT2D eigenvalue weighted by molar-refractivity contribution is 0.393. The maximum Gasteiger partial charge on any atom is 0.271 e. The fraction of sp³-hybridized carbons (Fsp3) is 0.158. The fourth-order valence-corrected chi connectivity index (χ4v) is 9.14. The van der Waals surface area contributed by atoms with Crippen LogP contribution in [-0.4, -0.2) is 65.2 Å². The molecule has 0 bridgehead atoms. The third-order valence-electron chi connectivity index (χ3n) is 12.8. The van der Waals surface area contributed by atoms with Gasteiger partial charge in [0.05, 0.1) is 62.7 Å². The van der Waals surface area contributed by atoms with Gasteiger partial charge in [0.2, 0.25) is 0 Å². The molecule has 74 heavy (non-hydrogen) atoms. The Balaban J connectivity index is 0.000000127. The van der Waals surface area contributed by atoms with E-state index >= 15 is 0 Å². The van der Waals surface area contributed by atoms with Crippen molar-refractivity contribution in [1.82, 2.24) is 55.0 Å². The largest absolute Gasteiger partial charge is 0.507 e. The maximum absolute atomic E-state index is 12.1. The Morgan fingerprint density at radius 3 is 1.84 bits per heavy atom. The summed E-state index contributed by atoms with van der Waals surface area (Å²) in [5.41, 5.74) is 15.8. The van der Waals surface area contributed by atoms with E-state index in [9.17, 15) is 15.0 Å². The topological polar surface area (TPSA) is 238 Å². The second-order valence-corrected chi connectivity index (χ2v) is 18.2. The predicted molar refractivity (Wildman–Crippen MR) is 287 cm³/mol. The number of fused-ring (bicyclic) bond motifs is 3. The highest BCUT2D eigenvalue weighted by Gasteiger charge is 2.21. The fourth-order valence-electron chi connectivity index (χ4n) is 9.14. The highest BCUT2D eigenvalue weighted by molar-refractivity contribution is 5.98. The van der Waals surface area contributed by atoms with Crippen molar-refractivity contribution in [3.8, 4) is 67.9 Å². The first-order chi connectivity index (χ1) is 35.6. The summed E-state index contributed by atoms with van der Waals surface area (Å²) in [5.74, 6) is 3.01. The van der Waals surface area contributed by atoms with Gasteiger partial charge in [-0.2, -0.15) is 5.10 Å². The Labute approximate surface area is 424 Å². The van der Waals surface area contributed by atoms with Gasteiger partial charge in [-0.15, -0.1) is 0 Å². The second-order valence-electron chi connectivity index (χ2n) is 18.2. The molecule has 6 N–H and O–H groups in total. The molecule has 9 heterocycles. The lowest BCUT2D eigenvalue weighted by Crippen LogP contribution is -2.22. The van der Waals surface area contributed by atoms with Crippen LogP contribution in [0, 0.1) is 55.4 Å². The zero-order valence-electron chi connectivity index (χ0n) is 42.2. The van der Waals surface area contributed by atoms with E-state index in [1.807, 2.05) is 108 Å². The van der Waals surface area contributed by atoms with Gasteiger partial charge in [0.15, 0.2) is 5.82 Å². The molecule has 0 saturated heterocycles. The Morgan fingerprint density at radius 1 is 0.595 bits per heavy atom. The zero-order chi connectivity index (χ0) is 51.9. The molecule has 3 aromatic carbocycles. The van der Waals surface area contributed by atoms with Crippen LogP contribution in [0.4, 0.5) is 11.5 Å². The molecule has 0 spiro atoms. The average Bonchev–Trinajstić information content (AvgIpc) is 4.23. The van der Waals surface area contributed by atoms with E-state index in [1.165, 1.54) is 10.2 Å². The van der Waals surface area contributed by atoms with Gasteiger partial charge in [-0.25, -0.2) is 24.6 Å². The third-order valence-corrected chi connectivity index (χ3v) is 12.8.